The first-order chi connectivity index (χ1) is 12.4. The number of rotatable bonds is 7. The van der Waals surface area contributed by atoms with Crippen LogP contribution in [0, 0.1) is 0 Å². The quantitative estimate of drug-likeness (QED) is 0.590. The summed E-state index contributed by atoms with van der Waals surface area (Å²) < 4.78 is 10.4. The summed E-state index contributed by atoms with van der Waals surface area (Å²) in [5, 5.41) is 3.35. The lowest BCUT2D eigenvalue weighted by Gasteiger charge is -2.10. The van der Waals surface area contributed by atoms with Crippen LogP contribution in [0.1, 0.15) is 16.2 Å². The van der Waals surface area contributed by atoms with E-state index < -0.39 is 0 Å². The van der Waals surface area contributed by atoms with Crippen LogP contribution in [0.5, 0.6) is 11.5 Å². The van der Waals surface area contributed by atoms with Crippen molar-refractivity contribution in [2.24, 2.45) is 0 Å². The normalized spacial score (nSPS) is 10.7. The molecule has 2 rings (SSSR count). The molecule has 0 radical (unpaired) electrons. The van der Waals surface area contributed by atoms with Crippen molar-refractivity contribution in [1.29, 1.82) is 0 Å². The number of anilines is 1. The van der Waals surface area contributed by atoms with Crippen molar-refractivity contribution < 1.29 is 14.3 Å². The largest absolute Gasteiger partial charge is 0.497 e. The van der Waals surface area contributed by atoms with Gasteiger partial charge >= 0.3 is 0 Å². The maximum absolute atomic E-state index is 12.6. The smallest absolute Gasteiger partial charge is 0.274 e. The van der Waals surface area contributed by atoms with Crippen LogP contribution in [-0.4, -0.2) is 55.3 Å². The lowest BCUT2D eigenvalue weighted by molar-refractivity contribution is 0.102. The minimum atomic E-state index is -0.336. The number of carbonyl (C=O) groups excluding carboxylic acids is 1. The van der Waals surface area contributed by atoms with E-state index in [1.807, 2.05) is 37.5 Å². The molecule has 1 N–H and O–H groups in total. The van der Waals surface area contributed by atoms with E-state index in [1.165, 1.54) is 11.8 Å². The Hall–Kier alpha value is -2.74. The Kier molecular flexibility index (Phi) is 6.85. The van der Waals surface area contributed by atoms with Crippen molar-refractivity contribution in [3.05, 3.63) is 41.9 Å². The minimum absolute atomic E-state index is 0.282. The zero-order chi connectivity index (χ0) is 19.1. The number of methoxy groups -OCH3 is 2. The number of thioether (sulfide) groups is 1. The molecule has 1 aromatic carbocycles. The van der Waals surface area contributed by atoms with Crippen molar-refractivity contribution in [2.75, 3.05) is 39.9 Å². The van der Waals surface area contributed by atoms with Gasteiger partial charge in [0.15, 0.2) is 5.16 Å². The van der Waals surface area contributed by atoms with Gasteiger partial charge < -0.3 is 19.7 Å². The number of amides is 1. The maximum atomic E-state index is 12.6. The molecule has 1 aromatic heterocycles. The predicted octanol–water partition coefficient (Wildman–Crippen LogP) is 3.00. The lowest BCUT2D eigenvalue weighted by atomic mass is 10.2. The van der Waals surface area contributed by atoms with Crippen LogP contribution >= 0.6 is 11.8 Å². The van der Waals surface area contributed by atoms with Crippen LogP contribution in [0.2, 0.25) is 0 Å². The summed E-state index contributed by atoms with van der Waals surface area (Å²) in [6, 6.07) is 6.80. The molecule has 138 valence electrons. The molecular formula is C18H22N4O3S. The van der Waals surface area contributed by atoms with Gasteiger partial charge in [0, 0.05) is 44.2 Å². The highest BCUT2D eigenvalue weighted by Gasteiger charge is 2.13. The Bertz CT molecular complexity index is 787. The standard InChI is InChI=1S/C18H22N4O3S/c1-22(2)7-6-12-10-16(21-18(20-12)26-5)17(23)19-13-8-14(24-3)11-15(9-13)25-4/h6-11H,1-5H3,(H,19,23)/b7-6+. The molecule has 0 saturated heterocycles. The lowest BCUT2D eigenvalue weighted by Crippen LogP contribution is -2.15. The molecule has 2 aromatic rings. The Labute approximate surface area is 157 Å². The van der Waals surface area contributed by atoms with Gasteiger partial charge in [0.05, 0.1) is 19.9 Å². The van der Waals surface area contributed by atoms with Gasteiger partial charge in [-0.3, -0.25) is 4.79 Å². The van der Waals surface area contributed by atoms with Crippen molar-refractivity contribution in [3.63, 3.8) is 0 Å². The van der Waals surface area contributed by atoms with Gasteiger partial charge in [-0.05, 0) is 18.4 Å². The van der Waals surface area contributed by atoms with E-state index in [1.54, 1.807) is 38.5 Å². The molecule has 0 aliphatic carbocycles. The minimum Gasteiger partial charge on any atom is -0.497 e. The first kappa shape index (κ1) is 19.6. The second-order valence-corrected chi connectivity index (χ2v) is 6.27. The van der Waals surface area contributed by atoms with Gasteiger partial charge in [0.25, 0.3) is 5.91 Å². The zero-order valence-electron chi connectivity index (χ0n) is 15.4. The highest BCUT2D eigenvalue weighted by atomic mass is 32.2. The number of nitrogens with zero attached hydrogens (tertiary/aromatic N) is 3. The molecule has 0 aliphatic heterocycles. The molecule has 1 amide bonds. The molecule has 26 heavy (non-hydrogen) atoms. The number of ether oxygens (including phenoxy) is 2. The van der Waals surface area contributed by atoms with E-state index in [-0.39, 0.29) is 11.6 Å². The molecule has 0 fully saturated rings. The summed E-state index contributed by atoms with van der Waals surface area (Å²) in [5.74, 6) is 0.834. The molecule has 1 heterocycles. The fraction of sp³-hybridized carbons (Fsp3) is 0.278. The first-order valence-corrected chi connectivity index (χ1v) is 8.99. The summed E-state index contributed by atoms with van der Waals surface area (Å²) >= 11 is 1.38. The fourth-order valence-electron chi connectivity index (χ4n) is 2.04. The molecule has 0 unspecified atom stereocenters. The number of hydrogen-bond donors (Lipinski definition) is 1. The summed E-state index contributed by atoms with van der Waals surface area (Å²) in [6.07, 6.45) is 5.55. The summed E-state index contributed by atoms with van der Waals surface area (Å²) in [5.41, 5.74) is 1.50. The topological polar surface area (TPSA) is 76.6 Å². The fourth-order valence-corrected chi connectivity index (χ4v) is 2.42. The highest BCUT2D eigenvalue weighted by molar-refractivity contribution is 7.98. The van der Waals surface area contributed by atoms with Crippen LogP contribution in [0.25, 0.3) is 6.08 Å². The summed E-state index contributed by atoms with van der Waals surface area (Å²) in [4.78, 5) is 23.2. The van der Waals surface area contributed by atoms with E-state index in [9.17, 15) is 4.79 Å². The number of carbonyl (C=O) groups is 1. The Morgan fingerprint density at radius 2 is 1.77 bits per heavy atom. The van der Waals surface area contributed by atoms with Crippen molar-refractivity contribution >= 4 is 29.4 Å². The first-order valence-electron chi connectivity index (χ1n) is 7.77. The molecule has 8 heteroatoms. The number of aromatic nitrogens is 2. The van der Waals surface area contributed by atoms with Gasteiger partial charge in [0.1, 0.15) is 17.2 Å². The maximum Gasteiger partial charge on any atom is 0.274 e. The van der Waals surface area contributed by atoms with E-state index in [4.69, 9.17) is 9.47 Å². The van der Waals surface area contributed by atoms with Gasteiger partial charge in [0.2, 0.25) is 0 Å². The number of nitrogens with one attached hydrogen (secondary N) is 1. The zero-order valence-corrected chi connectivity index (χ0v) is 16.3. The van der Waals surface area contributed by atoms with E-state index >= 15 is 0 Å². The molecule has 0 atom stereocenters. The molecule has 0 saturated carbocycles. The van der Waals surface area contributed by atoms with E-state index in [2.05, 4.69) is 15.3 Å². The van der Waals surface area contributed by atoms with Crippen molar-refractivity contribution in [2.45, 2.75) is 5.16 Å². The Balaban J connectivity index is 2.30. The third kappa shape index (κ3) is 5.38. The average molecular weight is 374 g/mol. The van der Waals surface area contributed by atoms with Crippen LogP contribution in [0.3, 0.4) is 0 Å². The molecule has 7 nitrogen and oxygen atoms in total. The molecule has 0 bridgehead atoms. The van der Waals surface area contributed by atoms with Crippen molar-refractivity contribution in [3.8, 4) is 11.5 Å². The average Bonchev–Trinajstić information content (AvgIpc) is 2.65. The van der Waals surface area contributed by atoms with E-state index in [0.717, 1.165) is 0 Å². The number of hydrogen-bond acceptors (Lipinski definition) is 7. The summed E-state index contributed by atoms with van der Waals surface area (Å²) in [7, 11) is 6.94. The van der Waals surface area contributed by atoms with E-state index in [0.29, 0.717) is 28.0 Å². The molecule has 0 aliphatic rings. The monoisotopic (exact) mass is 374 g/mol. The Morgan fingerprint density at radius 1 is 1.12 bits per heavy atom. The summed E-state index contributed by atoms with van der Waals surface area (Å²) in [6.45, 7) is 0. The third-order valence-corrected chi connectivity index (χ3v) is 3.84. The van der Waals surface area contributed by atoms with Gasteiger partial charge in [-0.25, -0.2) is 9.97 Å². The van der Waals surface area contributed by atoms with Crippen LogP contribution in [0.4, 0.5) is 5.69 Å². The Morgan fingerprint density at radius 3 is 2.31 bits per heavy atom. The van der Waals surface area contributed by atoms with Crippen LogP contribution < -0.4 is 14.8 Å². The van der Waals surface area contributed by atoms with Crippen molar-refractivity contribution in [1.82, 2.24) is 14.9 Å². The predicted molar refractivity (Wildman–Crippen MR) is 104 cm³/mol. The second kappa shape index (κ2) is 9.10. The second-order valence-electron chi connectivity index (χ2n) is 5.50. The van der Waals surface area contributed by atoms with Gasteiger partial charge in [-0.1, -0.05) is 11.8 Å². The van der Waals surface area contributed by atoms with Gasteiger partial charge in [-0.2, -0.15) is 0 Å². The highest BCUT2D eigenvalue weighted by Crippen LogP contribution is 2.26. The third-order valence-electron chi connectivity index (χ3n) is 3.29. The SMILES string of the molecule is COc1cc(NC(=O)c2cc(/C=C/N(C)C)nc(SC)n2)cc(OC)c1. The number of benzene rings is 1. The van der Waals surface area contributed by atoms with Crippen LogP contribution in [0.15, 0.2) is 35.6 Å². The van der Waals surface area contributed by atoms with Gasteiger partial charge in [-0.15, -0.1) is 0 Å². The van der Waals surface area contributed by atoms with Crippen LogP contribution in [-0.2, 0) is 0 Å². The molecule has 0 spiro atoms. The molecular weight excluding hydrogens is 352 g/mol.